The molecule has 0 saturated carbocycles. The largest absolute Gasteiger partial charge is 0.485 e. The van der Waals surface area contributed by atoms with Crippen molar-refractivity contribution < 1.29 is 19.4 Å². The van der Waals surface area contributed by atoms with Crippen molar-refractivity contribution >= 4 is 17.3 Å². The lowest BCUT2D eigenvalue weighted by Crippen LogP contribution is -2.02. The van der Waals surface area contributed by atoms with Crippen molar-refractivity contribution in [1.29, 1.82) is 0 Å². The first-order valence-corrected chi connectivity index (χ1v) is 6.38. The Balaban J connectivity index is 2.11. The molecule has 2 aromatic heterocycles. The molecule has 0 fully saturated rings. The van der Waals surface area contributed by atoms with Crippen molar-refractivity contribution in [3.8, 4) is 11.6 Å². The highest BCUT2D eigenvalue weighted by Gasteiger charge is 2.15. The molecule has 2 rings (SSSR count). The van der Waals surface area contributed by atoms with E-state index in [1.807, 2.05) is 13.0 Å². The number of thiophene rings is 1. The Morgan fingerprint density at radius 3 is 2.95 bits per heavy atom. The lowest BCUT2D eigenvalue weighted by atomic mass is 10.3. The highest BCUT2D eigenvalue weighted by Crippen LogP contribution is 2.29. The number of carboxylic acids is 1. The molecule has 2 aromatic rings. The standard InChI is InChI=1S/C13H13NO4S/c1-8-6-10(12(19-8)13(15)16)18-7-9-4-3-5-11(14-9)17-2/h3-6H,7H2,1-2H3,(H,15,16). The van der Waals surface area contributed by atoms with E-state index in [0.29, 0.717) is 17.3 Å². The Labute approximate surface area is 114 Å². The zero-order chi connectivity index (χ0) is 13.8. The molecule has 0 aliphatic carbocycles. The van der Waals surface area contributed by atoms with Gasteiger partial charge in [0.05, 0.1) is 12.8 Å². The van der Waals surface area contributed by atoms with Crippen LogP contribution in [0.2, 0.25) is 0 Å². The van der Waals surface area contributed by atoms with Gasteiger partial charge < -0.3 is 14.6 Å². The number of ether oxygens (including phenoxy) is 2. The molecule has 0 amide bonds. The summed E-state index contributed by atoms with van der Waals surface area (Å²) in [6, 6.07) is 7.05. The molecule has 0 aliphatic rings. The summed E-state index contributed by atoms with van der Waals surface area (Å²) in [4.78, 5) is 16.3. The van der Waals surface area contributed by atoms with Crippen LogP contribution in [0.1, 0.15) is 20.2 Å². The Kier molecular flexibility index (Phi) is 4.01. The Bertz CT molecular complexity index is 594. The predicted octanol–water partition coefficient (Wildman–Crippen LogP) is 2.74. The van der Waals surface area contributed by atoms with Gasteiger partial charge in [-0.25, -0.2) is 9.78 Å². The van der Waals surface area contributed by atoms with Crippen molar-refractivity contribution in [2.45, 2.75) is 13.5 Å². The summed E-state index contributed by atoms with van der Waals surface area (Å²) in [7, 11) is 1.54. The third kappa shape index (κ3) is 3.23. The molecule has 0 spiro atoms. The van der Waals surface area contributed by atoms with E-state index in [0.717, 1.165) is 4.88 Å². The number of rotatable bonds is 5. The highest BCUT2D eigenvalue weighted by atomic mass is 32.1. The maximum absolute atomic E-state index is 11.0. The number of nitrogens with zero attached hydrogens (tertiary/aromatic N) is 1. The van der Waals surface area contributed by atoms with Crippen LogP contribution in [0.3, 0.4) is 0 Å². The zero-order valence-corrected chi connectivity index (χ0v) is 11.4. The lowest BCUT2D eigenvalue weighted by molar-refractivity contribution is 0.0697. The first-order chi connectivity index (χ1) is 9.10. The summed E-state index contributed by atoms with van der Waals surface area (Å²) in [6.07, 6.45) is 0. The Morgan fingerprint density at radius 2 is 2.26 bits per heavy atom. The molecule has 6 heteroatoms. The normalized spacial score (nSPS) is 10.2. The van der Waals surface area contributed by atoms with Crippen LogP contribution in [0.4, 0.5) is 0 Å². The maximum atomic E-state index is 11.0. The molecule has 0 atom stereocenters. The summed E-state index contributed by atoms with van der Waals surface area (Å²) in [6.45, 7) is 2.04. The van der Waals surface area contributed by atoms with Gasteiger partial charge in [-0.2, -0.15) is 0 Å². The number of hydrogen-bond donors (Lipinski definition) is 1. The molecule has 0 bridgehead atoms. The monoisotopic (exact) mass is 279 g/mol. The third-order valence-corrected chi connectivity index (χ3v) is 3.40. The molecule has 0 unspecified atom stereocenters. The molecule has 0 saturated heterocycles. The summed E-state index contributed by atoms with van der Waals surface area (Å²) >= 11 is 1.20. The van der Waals surface area contributed by atoms with Gasteiger partial charge in [0.15, 0.2) is 4.88 Å². The van der Waals surface area contributed by atoms with Gasteiger partial charge in [0.2, 0.25) is 5.88 Å². The van der Waals surface area contributed by atoms with Gasteiger partial charge in [0, 0.05) is 10.9 Å². The van der Waals surface area contributed by atoms with Crippen LogP contribution < -0.4 is 9.47 Å². The van der Waals surface area contributed by atoms with Crippen molar-refractivity contribution in [1.82, 2.24) is 4.98 Å². The fourth-order valence-corrected chi connectivity index (χ4v) is 2.34. The van der Waals surface area contributed by atoms with Gasteiger partial charge in [-0.05, 0) is 19.1 Å². The molecule has 0 aliphatic heterocycles. The van der Waals surface area contributed by atoms with Crippen LogP contribution in [-0.4, -0.2) is 23.2 Å². The number of methoxy groups -OCH3 is 1. The van der Waals surface area contributed by atoms with Crippen LogP contribution in [0.15, 0.2) is 24.3 Å². The molecule has 0 radical (unpaired) electrons. The molecule has 19 heavy (non-hydrogen) atoms. The number of aryl methyl sites for hydroxylation is 1. The molecule has 5 nitrogen and oxygen atoms in total. The van der Waals surface area contributed by atoms with Gasteiger partial charge in [0.1, 0.15) is 12.4 Å². The molecule has 0 aromatic carbocycles. The Hall–Kier alpha value is -2.08. The number of carbonyl (C=O) groups is 1. The first kappa shape index (κ1) is 13.4. The quantitative estimate of drug-likeness (QED) is 0.911. The van der Waals surface area contributed by atoms with Crippen molar-refractivity contribution in [3.05, 3.63) is 39.7 Å². The van der Waals surface area contributed by atoms with Crippen molar-refractivity contribution in [2.24, 2.45) is 0 Å². The van der Waals surface area contributed by atoms with Crippen molar-refractivity contribution in [3.63, 3.8) is 0 Å². The minimum Gasteiger partial charge on any atom is -0.485 e. The minimum atomic E-state index is -0.980. The van der Waals surface area contributed by atoms with Gasteiger partial charge in [-0.3, -0.25) is 0 Å². The second kappa shape index (κ2) is 5.71. The van der Waals surface area contributed by atoms with E-state index in [-0.39, 0.29) is 11.5 Å². The average Bonchev–Trinajstić information content (AvgIpc) is 2.78. The van der Waals surface area contributed by atoms with Crippen LogP contribution in [0.25, 0.3) is 0 Å². The van der Waals surface area contributed by atoms with Crippen LogP contribution in [0.5, 0.6) is 11.6 Å². The van der Waals surface area contributed by atoms with E-state index in [1.165, 1.54) is 18.4 Å². The number of aromatic carboxylic acids is 1. The highest BCUT2D eigenvalue weighted by molar-refractivity contribution is 7.14. The fraction of sp³-hybridized carbons (Fsp3) is 0.231. The maximum Gasteiger partial charge on any atom is 0.349 e. The van der Waals surface area contributed by atoms with Gasteiger partial charge >= 0.3 is 5.97 Å². The third-order valence-electron chi connectivity index (χ3n) is 2.38. The van der Waals surface area contributed by atoms with Gasteiger partial charge in [0.25, 0.3) is 0 Å². The summed E-state index contributed by atoms with van der Waals surface area (Å²) < 4.78 is 10.5. The molecular weight excluding hydrogens is 266 g/mol. The van der Waals surface area contributed by atoms with Crippen molar-refractivity contribution in [2.75, 3.05) is 7.11 Å². The second-order valence-corrected chi connectivity index (χ2v) is 5.07. The molecule has 2 heterocycles. The average molecular weight is 279 g/mol. The lowest BCUT2D eigenvalue weighted by Gasteiger charge is -2.06. The van der Waals surface area contributed by atoms with Crippen LogP contribution >= 0.6 is 11.3 Å². The minimum absolute atomic E-state index is 0.202. The summed E-state index contributed by atoms with van der Waals surface area (Å²) in [5.74, 6) is -0.104. The smallest absolute Gasteiger partial charge is 0.349 e. The van der Waals surface area contributed by atoms with E-state index < -0.39 is 5.97 Å². The number of hydrogen-bond acceptors (Lipinski definition) is 5. The van der Waals surface area contributed by atoms with Crippen LogP contribution in [0, 0.1) is 6.92 Å². The second-order valence-electron chi connectivity index (χ2n) is 3.82. The van der Waals surface area contributed by atoms with Gasteiger partial charge in [-0.1, -0.05) is 6.07 Å². The van der Waals surface area contributed by atoms with E-state index >= 15 is 0 Å². The van der Waals surface area contributed by atoms with E-state index in [2.05, 4.69) is 4.98 Å². The zero-order valence-electron chi connectivity index (χ0n) is 10.5. The topological polar surface area (TPSA) is 68.7 Å². The number of carboxylic acid groups (broad SMARTS) is 1. The van der Waals surface area contributed by atoms with E-state index in [9.17, 15) is 4.79 Å². The molecular formula is C13H13NO4S. The summed E-state index contributed by atoms with van der Waals surface area (Å²) in [5.41, 5.74) is 0.680. The fourth-order valence-electron chi connectivity index (χ4n) is 1.55. The summed E-state index contributed by atoms with van der Waals surface area (Å²) in [5, 5.41) is 9.05. The van der Waals surface area contributed by atoms with Crippen LogP contribution in [-0.2, 0) is 6.61 Å². The Morgan fingerprint density at radius 1 is 1.47 bits per heavy atom. The predicted molar refractivity (Wildman–Crippen MR) is 71.1 cm³/mol. The van der Waals surface area contributed by atoms with E-state index in [1.54, 1.807) is 18.2 Å². The number of pyridine rings is 1. The van der Waals surface area contributed by atoms with E-state index in [4.69, 9.17) is 14.6 Å². The first-order valence-electron chi connectivity index (χ1n) is 5.56. The molecule has 1 N–H and O–H groups in total. The van der Waals surface area contributed by atoms with Gasteiger partial charge in [-0.15, -0.1) is 11.3 Å². The molecule has 100 valence electrons. The number of aromatic nitrogens is 1. The SMILES string of the molecule is COc1cccc(COc2cc(C)sc2C(=O)O)n1.